The molecule has 3 heterocycles. The molecule has 2 atom stereocenters. The number of benzene rings is 2. The van der Waals surface area contributed by atoms with Crippen molar-refractivity contribution < 1.29 is 19.1 Å². The SMILES string of the molecule is C=C.O=C(c1ccc(C#Cc2ccc(NCc3occc(=O)c3O)cc2)cc1)N1CC2CC1CO2. The van der Waals surface area contributed by atoms with Gasteiger partial charge in [0.1, 0.15) is 0 Å². The van der Waals surface area contributed by atoms with E-state index in [1.54, 1.807) is 0 Å². The Bertz CT molecular complexity index is 1300. The van der Waals surface area contributed by atoms with Crippen LogP contribution in [0.25, 0.3) is 0 Å². The molecule has 0 aliphatic carbocycles. The number of ether oxygens (including phenoxy) is 1. The number of nitrogens with zero attached hydrogens (tertiary/aromatic N) is 1. The fourth-order valence-electron chi connectivity index (χ4n) is 4.08. The quantitative estimate of drug-likeness (QED) is 0.446. The summed E-state index contributed by atoms with van der Waals surface area (Å²) >= 11 is 0. The fraction of sp³-hybridized carbons (Fsp3) is 0.214. The van der Waals surface area contributed by atoms with Crippen LogP contribution in [-0.4, -0.2) is 41.2 Å². The number of rotatable bonds is 4. The molecule has 2 aliphatic heterocycles. The second-order valence-corrected chi connectivity index (χ2v) is 8.12. The molecule has 2 aromatic carbocycles. The van der Waals surface area contributed by atoms with Crippen LogP contribution in [0.3, 0.4) is 0 Å². The summed E-state index contributed by atoms with van der Waals surface area (Å²) < 4.78 is 10.7. The summed E-state index contributed by atoms with van der Waals surface area (Å²) in [7, 11) is 0. The second kappa shape index (κ2) is 10.8. The van der Waals surface area contributed by atoms with Gasteiger partial charge >= 0.3 is 0 Å². The van der Waals surface area contributed by atoms with Crippen LogP contribution in [0.15, 0.2) is 83.2 Å². The normalized spacial score (nSPS) is 17.7. The van der Waals surface area contributed by atoms with Gasteiger partial charge in [-0.15, -0.1) is 13.2 Å². The number of amides is 1. The summed E-state index contributed by atoms with van der Waals surface area (Å²) in [6.45, 7) is 7.50. The van der Waals surface area contributed by atoms with E-state index >= 15 is 0 Å². The highest BCUT2D eigenvalue weighted by atomic mass is 16.5. The van der Waals surface area contributed by atoms with E-state index in [9.17, 15) is 14.7 Å². The van der Waals surface area contributed by atoms with Crippen LogP contribution in [0.2, 0.25) is 0 Å². The molecule has 0 spiro atoms. The number of anilines is 1. The minimum Gasteiger partial charge on any atom is -0.502 e. The third-order valence-electron chi connectivity index (χ3n) is 5.91. The number of fused-ring (bicyclic) bond motifs is 2. The van der Waals surface area contributed by atoms with Crippen LogP contribution in [0, 0.1) is 11.8 Å². The van der Waals surface area contributed by atoms with Gasteiger partial charge in [-0.2, -0.15) is 0 Å². The summed E-state index contributed by atoms with van der Waals surface area (Å²) in [5.41, 5.74) is 2.66. The van der Waals surface area contributed by atoms with Crippen molar-refractivity contribution in [1.82, 2.24) is 4.90 Å². The zero-order valence-electron chi connectivity index (χ0n) is 19.2. The summed E-state index contributed by atoms with van der Waals surface area (Å²) in [6.07, 6.45) is 2.39. The lowest BCUT2D eigenvalue weighted by atomic mass is 10.1. The Morgan fingerprint density at radius 2 is 1.71 bits per heavy atom. The van der Waals surface area contributed by atoms with Crippen LogP contribution in [-0.2, 0) is 11.3 Å². The maximum atomic E-state index is 12.7. The summed E-state index contributed by atoms with van der Waals surface area (Å²) in [6, 6.07) is 16.2. The first kappa shape index (κ1) is 23.9. The second-order valence-electron chi connectivity index (χ2n) is 8.12. The lowest BCUT2D eigenvalue weighted by molar-refractivity contribution is 0.0259. The van der Waals surface area contributed by atoms with Crippen molar-refractivity contribution in [3.05, 3.63) is 107 Å². The van der Waals surface area contributed by atoms with Gasteiger partial charge < -0.3 is 24.5 Å². The van der Waals surface area contributed by atoms with Gasteiger partial charge in [0, 0.05) is 35.0 Å². The van der Waals surface area contributed by atoms with Gasteiger partial charge in [-0.1, -0.05) is 11.8 Å². The van der Waals surface area contributed by atoms with E-state index in [2.05, 4.69) is 30.3 Å². The summed E-state index contributed by atoms with van der Waals surface area (Å²) in [5.74, 6) is 6.08. The first-order valence-corrected chi connectivity index (χ1v) is 11.2. The van der Waals surface area contributed by atoms with E-state index in [-0.39, 0.29) is 36.1 Å². The number of likely N-dealkylation sites (tertiary alicyclic amines) is 1. The van der Waals surface area contributed by atoms with Crippen LogP contribution in [0.1, 0.15) is 33.7 Å². The van der Waals surface area contributed by atoms with Crippen molar-refractivity contribution in [3.8, 4) is 17.6 Å². The Labute approximate surface area is 203 Å². The molecule has 7 nitrogen and oxygen atoms in total. The average Bonchev–Trinajstić information content (AvgIpc) is 3.54. The fourth-order valence-corrected chi connectivity index (χ4v) is 4.08. The molecule has 2 N–H and O–H groups in total. The highest BCUT2D eigenvalue weighted by molar-refractivity contribution is 5.94. The van der Waals surface area contributed by atoms with Gasteiger partial charge in [-0.05, 0) is 55.0 Å². The van der Waals surface area contributed by atoms with Crippen molar-refractivity contribution in [2.24, 2.45) is 0 Å². The molecule has 7 heteroatoms. The van der Waals surface area contributed by atoms with E-state index in [4.69, 9.17) is 9.15 Å². The molecule has 1 aromatic heterocycles. The first-order chi connectivity index (χ1) is 17.1. The molecule has 3 aromatic rings. The summed E-state index contributed by atoms with van der Waals surface area (Å²) in [5, 5.41) is 12.8. The molecular formula is C28H26N2O5. The Morgan fingerprint density at radius 1 is 1.06 bits per heavy atom. The van der Waals surface area contributed by atoms with Crippen molar-refractivity contribution >= 4 is 11.6 Å². The Morgan fingerprint density at radius 3 is 2.31 bits per heavy atom. The minimum atomic E-state index is -0.473. The van der Waals surface area contributed by atoms with Crippen molar-refractivity contribution in [3.63, 3.8) is 0 Å². The molecule has 1 amide bonds. The average molecular weight is 471 g/mol. The zero-order valence-corrected chi connectivity index (χ0v) is 19.2. The molecule has 0 radical (unpaired) electrons. The van der Waals surface area contributed by atoms with Gasteiger partial charge in [-0.3, -0.25) is 9.59 Å². The van der Waals surface area contributed by atoms with Gasteiger partial charge in [0.25, 0.3) is 5.91 Å². The predicted molar refractivity (Wildman–Crippen MR) is 133 cm³/mol. The molecule has 2 aliphatic rings. The first-order valence-electron chi connectivity index (χ1n) is 11.2. The Kier molecular flexibility index (Phi) is 7.34. The number of aromatic hydroxyl groups is 1. The summed E-state index contributed by atoms with van der Waals surface area (Å²) in [4.78, 5) is 26.1. The molecule has 2 fully saturated rings. The van der Waals surface area contributed by atoms with E-state index in [1.165, 1.54) is 12.3 Å². The van der Waals surface area contributed by atoms with E-state index in [0.717, 1.165) is 23.2 Å². The van der Waals surface area contributed by atoms with Gasteiger partial charge in [0.2, 0.25) is 11.2 Å². The predicted octanol–water partition coefficient (Wildman–Crippen LogP) is 3.77. The third kappa shape index (κ3) is 5.45. The Hall–Kier alpha value is -4.28. The molecule has 5 rings (SSSR count). The standard InChI is InChI=1S/C26H22N2O5.C2H4/c29-23-11-12-32-24(25(23)30)14-27-20-9-5-18(6-10-20)2-1-17-3-7-19(8-4-17)26(31)28-15-22-13-21(28)16-33-22;1-2/h3-12,21-22,27,30H,13-16H2;1-2H2. The van der Waals surface area contributed by atoms with E-state index < -0.39 is 5.43 Å². The Balaban J connectivity index is 0.00000141. The number of hydrogen-bond donors (Lipinski definition) is 2. The monoisotopic (exact) mass is 470 g/mol. The molecule has 2 saturated heterocycles. The molecule has 35 heavy (non-hydrogen) atoms. The number of nitrogens with one attached hydrogen (secondary N) is 1. The number of carbonyl (C=O) groups excluding carboxylic acids is 1. The molecular weight excluding hydrogens is 444 g/mol. The maximum Gasteiger partial charge on any atom is 0.254 e. The molecule has 178 valence electrons. The maximum absolute atomic E-state index is 12.7. The molecule has 2 bridgehead atoms. The number of morpholine rings is 1. The van der Waals surface area contributed by atoms with Gasteiger partial charge in [0.05, 0.1) is 31.6 Å². The highest BCUT2D eigenvalue weighted by Gasteiger charge is 2.41. The van der Waals surface area contributed by atoms with E-state index in [1.807, 2.05) is 53.4 Å². The van der Waals surface area contributed by atoms with Crippen LogP contribution in [0.4, 0.5) is 5.69 Å². The van der Waals surface area contributed by atoms with Crippen LogP contribution < -0.4 is 10.7 Å². The third-order valence-corrected chi connectivity index (χ3v) is 5.91. The van der Waals surface area contributed by atoms with Gasteiger partial charge in [0.15, 0.2) is 5.76 Å². The smallest absolute Gasteiger partial charge is 0.254 e. The van der Waals surface area contributed by atoms with Crippen LogP contribution >= 0.6 is 0 Å². The van der Waals surface area contributed by atoms with Gasteiger partial charge in [-0.25, -0.2) is 0 Å². The van der Waals surface area contributed by atoms with Crippen molar-refractivity contribution in [2.75, 3.05) is 18.5 Å². The largest absolute Gasteiger partial charge is 0.502 e. The number of hydrogen-bond acceptors (Lipinski definition) is 6. The topological polar surface area (TPSA) is 92.0 Å². The molecule has 2 unspecified atom stereocenters. The lowest BCUT2D eigenvalue weighted by Gasteiger charge is -2.26. The minimum absolute atomic E-state index is 0.0523. The highest BCUT2D eigenvalue weighted by Crippen LogP contribution is 2.29. The molecule has 0 saturated carbocycles. The van der Waals surface area contributed by atoms with Crippen LogP contribution in [0.5, 0.6) is 5.75 Å². The van der Waals surface area contributed by atoms with Crippen molar-refractivity contribution in [1.29, 1.82) is 0 Å². The zero-order chi connectivity index (χ0) is 24.8. The van der Waals surface area contributed by atoms with E-state index in [0.29, 0.717) is 18.7 Å². The van der Waals surface area contributed by atoms with Crippen molar-refractivity contribution in [2.45, 2.75) is 25.1 Å². The number of carbonyl (C=O) groups is 1. The lowest BCUT2D eigenvalue weighted by Crippen LogP contribution is -2.41.